The van der Waals surface area contributed by atoms with E-state index in [1.165, 1.54) is 6.08 Å². The Morgan fingerprint density at radius 2 is 1.45 bits per heavy atom. The highest BCUT2D eigenvalue weighted by atomic mass is 16.1. The summed E-state index contributed by atoms with van der Waals surface area (Å²) in [6.07, 6.45) is 1.24. The van der Waals surface area contributed by atoms with Crippen LogP contribution in [0.3, 0.4) is 0 Å². The third-order valence-corrected chi connectivity index (χ3v) is 2.65. The van der Waals surface area contributed by atoms with E-state index in [-0.39, 0.29) is 5.91 Å². The smallest absolute Gasteiger partial charge is 0.248 e. The van der Waals surface area contributed by atoms with Crippen molar-refractivity contribution < 1.29 is 9.59 Å². The maximum Gasteiger partial charge on any atom is 0.248 e. The van der Waals surface area contributed by atoms with E-state index in [2.05, 4.69) is 18.5 Å². The lowest BCUT2D eigenvalue weighted by Gasteiger charge is -1.98. The number of nitrogens with two attached hydrogens (primary N) is 1. The van der Waals surface area contributed by atoms with E-state index in [1.54, 1.807) is 12.1 Å². The van der Waals surface area contributed by atoms with Crippen LogP contribution in [0.1, 0.15) is 5.56 Å². The predicted octanol–water partition coefficient (Wildman–Crippen LogP) is 3.00. The molecule has 4 heteroatoms. The van der Waals surface area contributed by atoms with Crippen molar-refractivity contribution in [3.05, 3.63) is 85.5 Å². The van der Waals surface area contributed by atoms with Gasteiger partial charge in [0.25, 0.3) is 0 Å². The summed E-state index contributed by atoms with van der Waals surface area (Å²) in [5.74, 6) is -0.660. The Morgan fingerprint density at radius 1 is 0.955 bits per heavy atom. The summed E-state index contributed by atoms with van der Waals surface area (Å²) in [6.45, 7) is 6.89. The molecule has 0 unspecified atom stereocenters. The van der Waals surface area contributed by atoms with Crippen molar-refractivity contribution in [2.24, 2.45) is 5.73 Å². The molecule has 0 atom stereocenters. The zero-order valence-corrected chi connectivity index (χ0v) is 12.2. The van der Waals surface area contributed by atoms with Crippen LogP contribution in [0, 0.1) is 0 Å². The number of nitrogens with one attached hydrogen (secondary N) is 1. The second kappa shape index (κ2) is 8.92. The molecule has 0 saturated heterocycles. The van der Waals surface area contributed by atoms with Crippen molar-refractivity contribution >= 4 is 23.1 Å². The van der Waals surface area contributed by atoms with Crippen LogP contribution in [0.5, 0.6) is 0 Å². The molecule has 4 nitrogen and oxygen atoms in total. The summed E-state index contributed by atoms with van der Waals surface area (Å²) in [6, 6.07) is 18.4. The second-order valence-electron chi connectivity index (χ2n) is 4.27. The van der Waals surface area contributed by atoms with Gasteiger partial charge in [-0.1, -0.05) is 61.7 Å². The maximum absolute atomic E-state index is 10.8. The van der Waals surface area contributed by atoms with Crippen molar-refractivity contribution in [2.45, 2.75) is 0 Å². The monoisotopic (exact) mass is 294 g/mol. The average Bonchev–Trinajstić information content (AvgIpc) is 2.56. The van der Waals surface area contributed by atoms with Gasteiger partial charge in [-0.05, 0) is 23.8 Å². The zero-order chi connectivity index (χ0) is 16.4. The first-order valence-electron chi connectivity index (χ1n) is 6.57. The van der Waals surface area contributed by atoms with Gasteiger partial charge < -0.3 is 11.1 Å². The Kier molecular flexibility index (Phi) is 6.86. The number of amides is 2. The third kappa shape index (κ3) is 5.88. The molecular formula is C18H18N2O2. The van der Waals surface area contributed by atoms with E-state index in [0.717, 1.165) is 11.3 Å². The molecule has 112 valence electrons. The Labute approximate surface area is 130 Å². The minimum absolute atomic E-state index is 0.184. The molecule has 22 heavy (non-hydrogen) atoms. The van der Waals surface area contributed by atoms with Crippen LogP contribution in [0.4, 0.5) is 5.69 Å². The van der Waals surface area contributed by atoms with Gasteiger partial charge in [-0.25, -0.2) is 0 Å². The molecule has 0 radical (unpaired) electrons. The van der Waals surface area contributed by atoms with Crippen LogP contribution in [0.15, 0.2) is 79.9 Å². The van der Waals surface area contributed by atoms with Gasteiger partial charge in [0.15, 0.2) is 0 Å². The molecule has 0 aliphatic carbocycles. The first-order valence-corrected chi connectivity index (χ1v) is 6.57. The normalized spacial score (nSPS) is 8.91. The van der Waals surface area contributed by atoms with Gasteiger partial charge in [0.1, 0.15) is 0 Å². The number of carbonyl (C=O) groups excluding carboxylic acids is 2. The lowest BCUT2D eigenvalue weighted by atomic mass is 10.1. The standard InChI is InChI=1S/2C9H9NO/c1-7(9(10)11)8-5-3-2-4-6-8;1-2-9(11)10-8-6-4-3-5-7-8/h2-6H,1H2,(H2,10,11);2-7H,1H2,(H,10,11). The minimum atomic E-state index is -0.476. The van der Waals surface area contributed by atoms with Crippen molar-refractivity contribution in [3.63, 3.8) is 0 Å². The molecule has 0 bridgehead atoms. The third-order valence-electron chi connectivity index (χ3n) is 2.65. The maximum atomic E-state index is 10.8. The minimum Gasteiger partial charge on any atom is -0.366 e. The van der Waals surface area contributed by atoms with Gasteiger partial charge >= 0.3 is 0 Å². The Bertz CT molecular complexity index is 647. The van der Waals surface area contributed by atoms with E-state index >= 15 is 0 Å². The number of hydrogen-bond acceptors (Lipinski definition) is 2. The SMILES string of the molecule is C=C(C(N)=O)c1ccccc1.C=CC(=O)Nc1ccccc1. The number of hydrogen-bond donors (Lipinski definition) is 2. The summed E-state index contributed by atoms with van der Waals surface area (Å²) in [7, 11) is 0. The van der Waals surface area contributed by atoms with Gasteiger partial charge in [0.2, 0.25) is 11.8 Å². The summed E-state index contributed by atoms with van der Waals surface area (Å²) in [5, 5.41) is 2.63. The zero-order valence-electron chi connectivity index (χ0n) is 12.2. The van der Waals surface area contributed by atoms with Gasteiger partial charge in [0, 0.05) is 11.3 Å². The highest BCUT2D eigenvalue weighted by molar-refractivity contribution is 6.17. The largest absolute Gasteiger partial charge is 0.366 e. The number of primary amides is 1. The van der Waals surface area contributed by atoms with Gasteiger partial charge in [0.05, 0.1) is 0 Å². The van der Waals surface area contributed by atoms with E-state index in [0.29, 0.717) is 5.57 Å². The van der Waals surface area contributed by atoms with Crippen molar-refractivity contribution in [1.82, 2.24) is 0 Å². The lowest BCUT2D eigenvalue weighted by molar-refractivity contribution is -0.113. The fourth-order valence-corrected chi connectivity index (χ4v) is 1.50. The fourth-order valence-electron chi connectivity index (χ4n) is 1.50. The number of anilines is 1. The topological polar surface area (TPSA) is 72.2 Å². The highest BCUT2D eigenvalue weighted by Gasteiger charge is 2.02. The molecule has 2 aromatic rings. The lowest BCUT2D eigenvalue weighted by Crippen LogP contribution is -2.11. The van der Waals surface area contributed by atoms with Crippen LogP contribution < -0.4 is 11.1 Å². The van der Waals surface area contributed by atoms with Gasteiger partial charge in [-0.15, -0.1) is 0 Å². The molecule has 3 N–H and O–H groups in total. The van der Waals surface area contributed by atoms with E-state index in [9.17, 15) is 9.59 Å². The molecule has 0 spiro atoms. The first-order chi connectivity index (χ1) is 10.5. The fraction of sp³-hybridized carbons (Fsp3) is 0. The molecule has 0 heterocycles. The number of benzene rings is 2. The van der Waals surface area contributed by atoms with E-state index in [1.807, 2.05) is 48.5 Å². The molecule has 2 amide bonds. The Balaban J connectivity index is 0.000000220. The number of rotatable bonds is 4. The molecule has 2 rings (SSSR count). The van der Waals surface area contributed by atoms with Crippen LogP contribution in [-0.2, 0) is 9.59 Å². The van der Waals surface area contributed by atoms with Crippen molar-refractivity contribution in [2.75, 3.05) is 5.32 Å². The van der Waals surface area contributed by atoms with Crippen molar-refractivity contribution in [3.8, 4) is 0 Å². The van der Waals surface area contributed by atoms with Gasteiger partial charge in [-0.3, -0.25) is 9.59 Å². The number of para-hydroxylation sites is 1. The number of carbonyl (C=O) groups is 2. The first kappa shape index (κ1) is 16.9. The highest BCUT2D eigenvalue weighted by Crippen LogP contribution is 2.09. The summed E-state index contributed by atoms with van der Waals surface area (Å²) in [5.41, 5.74) is 6.95. The van der Waals surface area contributed by atoms with Crippen LogP contribution in [0.2, 0.25) is 0 Å². The van der Waals surface area contributed by atoms with Crippen LogP contribution >= 0.6 is 0 Å². The molecule has 0 fully saturated rings. The molecule has 0 saturated carbocycles. The summed E-state index contributed by atoms with van der Waals surface area (Å²) in [4.78, 5) is 21.4. The predicted molar refractivity (Wildman–Crippen MR) is 89.9 cm³/mol. The Hall–Kier alpha value is -3.14. The molecule has 0 aliphatic rings. The molecular weight excluding hydrogens is 276 g/mol. The Morgan fingerprint density at radius 3 is 1.91 bits per heavy atom. The second-order valence-corrected chi connectivity index (χ2v) is 4.27. The summed E-state index contributed by atoms with van der Waals surface area (Å²) >= 11 is 0. The van der Waals surface area contributed by atoms with E-state index < -0.39 is 5.91 Å². The molecule has 0 aromatic heterocycles. The average molecular weight is 294 g/mol. The van der Waals surface area contributed by atoms with Crippen molar-refractivity contribution in [1.29, 1.82) is 0 Å². The summed E-state index contributed by atoms with van der Waals surface area (Å²) < 4.78 is 0. The van der Waals surface area contributed by atoms with E-state index in [4.69, 9.17) is 5.73 Å². The quantitative estimate of drug-likeness (QED) is 0.851. The molecule has 2 aromatic carbocycles. The van der Waals surface area contributed by atoms with Crippen LogP contribution in [0.25, 0.3) is 5.57 Å². The van der Waals surface area contributed by atoms with Gasteiger partial charge in [-0.2, -0.15) is 0 Å². The van der Waals surface area contributed by atoms with Crippen LogP contribution in [-0.4, -0.2) is 11.8 Å². The molecule has 0 aliphatic heterocycles.